The Kier molecular flexibility index (Phi) is 5.86. The van der Waals surface area contributed by atoms with E-state index in [9.17, 15) is 15.0 Å². The van der Waals surface area contributed by atoms with Crippen LogP contribution in [0, 0.1) is 0 Å². The molecule has 1 heterocycles. The lowest BCUT2D eigenvalue weighted by molar-refractivity contribution is -0.401. The van der Waals surface area contributed by atoms with Gasteiger partial charge in [0.1, 0.15) is 18.5 Å². The van der Waals surface area contributed by atoms with E-state index in [0.717, 1.165) is 22.5 Å². The largest absolute Gasteiger partial charge is 0.497 e. The molecule has 0 saturated heterocycles. The Labute approximate surface area is 170 Å². The number of fused-ring (bicyclic) bond motifs is 1. The molecule has 0 saturated carbocycles. The van der Waals surface area contributed by atoms with Crippen molar-refractivity contribution in [2.24, 2.45) is 0 Å². The van der Waals surface area contributed by atoms with E-state index in [1.165, 1.54) is 0 Å². The zero-order chi connectivity index (χ0) is 21.2. The van der Waals surface area contributed by atoms with Crippen LogP contribution in [0.15, 0.2) is 36.4 Å². The summed E-state index contributed by atoms with van der Waals surface area (Å²) in [5.74, 6) is 1.10. The lowest BCUT2D eigenvalue weighted by Gasteiger charge is -2.16. The Morgan fingerprint density at radius 1 is 1.03 bits per heavy atom. The number of allylic oxidation sites excluding steroid dienone is 1. The molecule has 0 amide bonds. The molecule has 29 heavy (non-hydrogen) atoms. The minimum atomic E-state index is -0.325. The van der Waals surface area contributed by atoms with Gasteiger partial charge in [-0.2, -0.15) is 4.58 Å². The second kappa shape index (κ2) is 8.19. The van der Waals surface area contributed by atoms with Gasteiger partial charge in [0.05, 0.1) is 25.7 Å². The molecule has 0 bridgehead atoms. The summed E-state index contributed by atoms with van der Waals surface area (Å²) in [6.45, 7) is 4.31. The normalized spacial score (nSPS) is 15.0. The van der Waals surface area contributed by atoms with Crippen LogP contribution in [0.2, 0.25) is 0 Å². The van der Waals surface area contributed by atoms with Crippen molar-refractivity contribution in [3.63, 3.8) is 0 Å². The quantitative estimate of drug-likeness (QED) is 0.556. The first-order chi connectivity index (χ1) is 13.9. The van der Waals surface area contributed by atoms with Crippen molar-refractivity contribution >= 4 is 23.9 Å². The first kappa shape index (κ1) is 20.8. The molecule has 6 nitrogen and oxygen atoms in total. The lowest BCUT2D eigenvalue weighted by atomic mass is 9.81. The highest BCUT2D eigenvalue weighted by atomic mass is 16.5. The van der Waals surface area contributed by atoms with Gasteiger partial charge in [-0.1, -0.05) is 0 Å². The van der Waals surface area contributed by atoms with Crippen LogP contribution >= 0.6 is 0 Å². The van der Waals surface area contributed by atoms with E-state index >= 15 is 0 Å². The predicted octanol–water partition coefficient (Wildman–Crippen LogP) is 2.93. The summed E-state index contributed by atoms with van der Waals surface area (Å²) >= 11 is 0. The summed E-state index contributed by atoms with van der Waals surface area (Å²) < 4.78 is 12.4. The van der Waals surface area contributed by atoms with Crippen molar-refractivity contribution in [1.82, 2.24) is 0 Å². The zero-order valence-electron chi connectivity index (χ0n) is 17.1. The molecule has 0 aliphatic carbocycles. The van der Waals surface area contributed by atoms with E-state index in [2.05, 4.69) is 18.4 Å². The van der Waals surface area contributed by atoms with E-state index in [1.54, 1.807) is 25.3 Å². The van der Waals surface area contributed by atoms with E-state index < -0.39 is 0 Å². The number of carbonyl (C=O) groups is 1. The topological polar surface area (TPSA) is 79.0 Å². The number of hydrogen-bond acceptors (Lipinski definition) is 5. The molecular weight excluding hydrogens is 370 g/mol. The number of carbonyl (C=O) groups excluding carboxylic acids is 1. The van der Waals surface area contributed by atoms with Gasteiger partial charge in [-0.3, -0.25) is 4.79 Å². The summed E-state index contributed by atoms with van der Waals surface area (Å²) in [6, 6.07) is 9.12. The van der Waals surface area contributed by atoms with Crippen LogP contribution < -0.4 is 9.47 Å². The molecule has 0 aromatic heterocycles. The third kappa shape index (κ3) is 3.69. The number of methoxy groups -OCH3 is 1. The fourth-order valence-electron chi connectivity index (χ4n) is 3.95. The molecule has 3 rings (SSSR count). The average molecular weight is 396 g/mol. The molecular formula is C23H26NO5+. The highest BCUT2D eigenvalue weighted by Gasteiger charge is 2.43. The van der Waals surface area contributed by atoms with Crippen LogP contribution in [0.1, 0.15) is 36.1 Å². The van der Waals surface area contributed by atoms with E-state index in [4.69, 9.17) is 9.47 Å². The summed E-state index contributed by atoms with van der Waals surface area (Å²) in [4.78, 5) is 10.7. The minimum absolute atomic E-state index is 0.162. The maximum atomic E-state index is 10.7. The highest BCUT2D eigenvalue weighted by molar-refractivity contribution is 6.05. The molecule has 1 aliphatic rings. The summed E-state index contributed by atoms with van der Waals surface area (Å²) in [6.07, 6.45) is 3.92. The molecule has 0 unspecified atom stereocenters. The molecule has 1 aliphatic heterocycles. The number of benzene rings is 2. The van der Waals surface area contributed by atoms with Gasteiger partial charge in [0, 0.05) is 17.7 Å². The first-order valence-electron chi connectivity index (χ1n) is 9.33. The molecule has 0 spiro atoms. The maximum absolute atomic E-state index is 10.7. The van der Waals surface area contributed by atoms with Gasteiger partial charge in [0.15, 0.2) is 5.71 Å². The second-order valence-electron chi connectivity index (χ2n) is 7.47. The van der Waals surface area contributed by atoms with Crippen molar-refractivity contribution in [2.75, 3.05) is 14.2 Å². The Hall–Kier alpha value is -2.96. The zero-order valence-corrected chi connectivity index (χ0v) is 17.1. The van der Waals surface area contributed by atoms with Crippen LogP contribution in [0.3, 0.4) is 0 Å². The third-order valence-corrected chi connectivity index (χ3v) is 5.50. The molecule has 152 valence electrons. The summed E-state index contributed by atoms with van der Waals surface area (Å²) in [5.41, 5.74) is 4.94. The fraction of sp³-hybridized carbons (Fsp3) is 0.304. The molecule has 0 radical (unpaired) electrons. The fourth-order valence-corrected chi connectivity index (χ4v) is 3.95. The van der Waals surface area contributed by atoms with Crippen molar-refractivity contribution < 1.29 is 29.1 Å². The van der Waals surface area contributed by atoms with Crippen LogP contribution in [0.25, 0.3) is 6.08 Å². The second-order valence-corrected chi connectivity index (χ2v) is 7.47. The maximum Gasteiger partial charge on any atom is 0.298 e. The van der Waals surface area contributed by atoms with E-state index in [1.807, 2.05) is 31.3 Å². The standard InChI is InChI=1S/C23H26NO5/c1-23(2)20-11-17(29-14-27)5-7-21(20)24(3)22(23)8-6-19-15(12-25)9-18(28-4)10-16(19)13-26/h5-11,14,25-26H,12-13H2,1-4H3/q+1. The number of nitrogens with zero attached hydrogens (tertiary/aromatic N) is 1. The van der Waals surface area contributed by atoms with Gasteiger partial charge in [-0.25, -0.2) is 0 Å². The van der Waals surface area contributed by atoms with Gasteiger partial charge < -0.3 is 19.7 Å². The van der Waals surface area contributed by atoms with Gasteiger partial charge >= 0.3 is 0 Å². The smallest absolute Gasteiger partial charge is 0.298 e. The van der Waals surface area contributed by atoms with Crippen molar-refractivity contribution in [3.05, 3.63) is 58.7 Å². The molecule has 0 atom stereocenters. The number of aliphatic hydroxyl groups is 2. The monoisotopic (exact) mass is 396 g/mol. The average Bonchev–Trinajstić information content (AvgIpc) is 2.91. The molecule has 6 heteroatoms. The number of hydrogen-bond donors (Lipinski definition) is 2. The van der Waals surface area contributed by atoms with Gasteiger partial charge in [-0.15, -0.1) is 0 Å². The lowest BCUT2D eigenvalue weighted by Crippen LogP contribution is -2.26. The number of aliphatic hydroxyl groups excluding tert-OH is 2. The van der Waals surface area contributed by atoms with Gasteiger partial charge in [0.25, 0.3) is 6.47 Å². The molecule has 0 fully saturated rings. The van der Waals surface area contributed by atoms with E-state index in [0.29, 0.717) is 29.1 Å². The first-order valence-corrected chi connectivity index (χ1v) is 9.33. The van der Waals surface area contributed by atoms with Crippen molar-refractivity contribution in [1.29, 1.82) is 0 Å². The Morgan fingerprint density at radius 2 is 1.69 bits per heavy atom. The van der Waals surface area contributed by atoms with E-state index in [-0.39, 0.29) is 18.6 Å². The van der Waals surface area contributed by atoms with Crippen LogP contribution in [0.4, 0.5) is 5.69 Å². The van der Waals surface area contributed by atoms with Crippen LogP contribution in [0.5, 0.6) is 11.5 Å². The highest BCUT2D eigenvalue weighted by Crippen LogP contribution is 2.41. The Bertz CT molecular complexity index is 979. The Morgan fingerprint density at radius 3 is 2.24 bits per heavy atom. The predicted molar refractivity (Wildman–Crippen MR) is 111 cm³/mol. The van der Waals surface area contributed by atoms with Crippen LogP contribution in [-0.4, -0.2) is 41.1 Å². The Balaban J connectivity index is 2.06. The summed E-state index contributed by atoms with van der Waals surface area (Å²) in [5, 5.41) is 19.6. The number of rotatable bonds is 7. The van der Waals surface area contributed by atoms with Crippen molar-refractivity contribution in [3.8, 4) is 11.5 Å². The third-order valence-electron chi connectivity index (χ3n) is 5.50. The SMILES string of the molecule is COc1cc(CO)c(C=CC2=[N+](C)c3ccc(OC=O)cc3C2(C)C)c(CO)c1. The van der Waals surface area contributed by atoms with Gasteiger partial charge in [-0.05, 0) is 60.9 Å². The van der Waals surface area contributed by atoms with Gasteiger partial charge in [0.2, 0.25) is 5.69 Å². The van der Waals surface area contributed by atoms with Crippen molar-refractivity contribution in [2.45, 2.75) is 32.5 Å². The number of ether oxygens (including phenoxy) is 2. The van der Waals surface area contributed by atoms with Crippen LogP contribution in [-0.2, 0) is 23.4 Å². The molecule has 2 aromatic carbocycles. The molecule has 2 aromatic rings. The molecule has 2 N–H and O–H groups in total. The summed E-state index contributed by atoms with van der Waals surface area (Å²) in [7, 11) is 3.54. The minimum Gasteiger partial charge on any atom is -0.497 e.